The van der Waals surface area contributed by atoms with Crippen molar-refractivity contribution >= 4 is 61.9 Å². The number of rotatable bonds is 7. The van der Waals surface area contributed by atoms with E-state index < -0.39 is 0 Å². The van der Waals surface area contributed by atoms with E-state index in [-0.39, 0.29) is 11.7 Å². The zero-order valence-corrected chi connectivity index (χ0v) is 19.0. The third-order valence-electron chi connectivity index (χ3n) is 4.44. The van der Waals surface area contributed by atoms with Gasteiger partial charge < -0.3 is 19.7 Å². The lowest BCUT2D eigenvalue weighted by atomic mass is 10.2. The third-order valence-corrected chi connectivity index (χ3v) is 7.61. The normalized spacial score (nSPS) is 14.0. The summed E-state index contributed by atoms with van der Waals surface area (Å²) in [5.41, 5.74) is 1.33. The topological polar surface area (TPSA) is 89.5 Å². The molecule has 1 aliphatic heterocycles. The molecule has 1 aromatic carbocycles. The molecule has 30 heavy (non-hydrogen) atoms. The fraction of sp³-hybridized carbons (Fsp3) is 0.368. The number of hydrogen-bond acceptors (Lipinski definition) is 10. The van der Waals surface area contributed by atoms with Gasteiger partial charge in [0.15, 0.2) is 22.3 Å². The molecule has 0 saturated carbocycles. The quantitative estimate of drug-likeness (QED) is 0.418. The Morgan fingerprint density at radius 1 is 1.20 bits per heavy atom. The van der Waals surface area contributed by atoms with Gasteiger partial charge in [0.05, 0.1) is 20.0 Å². The number of fused-ring (bicyclic) bond motifs is 1. The van der Waals surface area contributed by atoms with Crippen LogP contribution in [0, 0.1) is 0 Å². The second-order valence-corrected chi connectivity index (χ2v) is 9.50. The number of nitrogens with zero attached hydrogens (tertiary/aromatic N) is 4. The highest BCUT2D eigenvalue weighted by molar-refractivity contribution is 8.00. The highest BCUT2D eigenvalue weighted by Crippen LogP contribution is 2.35. The largest absolute Gasteiger partial charge is 0.493 e. The number of nitrogens with one attached hydrogen (secondary N) is 1. The molecule has 4 rings (SSSR count). The molecule has 0 bridgehead atoms. The van der Waals surface area contributed by atoms with Gasteiger partial charge in [0.25, 0.3) is 0 Å². The van der Waals surface area contributed by atoms with Crippen LogP contribution in [-0.4, -0.2) is 65.4 Å². The number of thiazole rings is 1. The van der Waals surface area contributed by atoms with Crippen LogP contribution in [0.2, 0.25) is 0 Å². The van der Waals surface area contributed by atoms with Crippen molar-refractivity contribution < 1.29 is 14.3 Å². The first-order chi connectivity index (χ1) is 14.7. The van der Waals surface area contributed by atoms with Crippen molar-refractivity contribution in [2.75, 3.05) is 54.8 Å². The molecule has 1 aliphatic rings. The molecule has 11 heteroatoms. The molecular formula is C19H21N5O3S3. The van der Waals surface area contributed by atoms with Crippen LogP contribution in [0.5, 0.6) is 11.5 Å². The van der Waals surface area contributed by atoms with Crippen molar-refractivity contribution in [3.8, 4) is 11.5 Å². The van der Waals surface area contributed by atoms with Gasteiger partial charge in [-0.2, -0.15) is 16.7 Å². The van der Waals surface area contributed by atoms with Crippen molar-refractivity contribution in [2.24, 2.45) is 0 Å². The molecule has 0 unspecified atom stereocenters. The maximum absolute atomic E-state index is 12.5. The summed E-state index contributed by atoms with van der Waals surface area (Å²) in [5, 5.41) is 4.63. The maximum atomic E-state index is 12.5. The van der Waals surface area contributed by atoms with E-state index in [0.29, 0.717) is 22.8 Å². The van der Waals surface area contributed by atoms with Gasteiger partial charge in [-0.25, -0.2) is 9.97 Å². The summed E-state index contributed by atoms with van der Waals surface area (Å²) in [4.78, 5) is 28.1. The fourth-order valence-corrected chi connectivity index (χ4v) is 5.81. The molecule has 0 aliphatic carbocycles. The van der Waals surface area contributed by atoms with Crippen molar-refractivity contribution in [2.45, 2.75) is 5.03 Å². The Kier molecular flexibility index (Phi) is 6.80. The first-order valence-corrected chi connectivity index (χ1v) is 12.2. The van der Waals surface area contributed by atoms with E-state index in [2.05, 4.69) is 25.2 Å². The monoisotopic (exact) mass is 463 g/mol. The highest BCUT2D eigenvalue weighted by atomic mass is 32.2. The van der Waals surface area contributed by atoms with E-state index in [9.17, 15) is 4.79 Å². The van der Waals surface area contributed by atoms with Crippen molar-refractivity contribution in [3.63, 3.8) is 0 Å². The first kappa shape index (κ1) is 21.0. The van der Waals surface area contributed by atoms with E-state index in [1.807, 2.05) is 11.8 Å². The molecule has 1 amide bonds. The summed E-state index contributed by atoms with van der Waals surface area (Å²) in [6.07, 6.45) is 1.51. The molecule has 1 saturated heterocycles. The lowest BCUT2D eigenvalue weighted by Crippen LogP contribution is -2.32. The van der Waals surface area contributed by atoms with Gasteiger partial charge in [0, 0.05) is 36.3 Å². The number of anilines is 2. The van der Waals surface area contributed by atoms with E-state index in [0.717, 1.165) is 39.5 Å². The Labute approximate surface area is 186 Å². The summed E-state index contributed by atoms with van der Waals surface area (Å²) in [7, 11) is 3.13. The van der Waals surface area contributed by atoms with Crippen LogP contribution in [0.25, 0.3) is 10.3 Å². The summed E-state index contributed by atoms with van der Waals surface area (Å²) >= 11 is 4.94. The minimum Gasteiger partial charge on any atom is -0.493 e. The Morgan fingerprint density at radius 2 is 2.00 bits per heavy atom. The Balaban J connectivity index is 1.43. The predicted octanol–water partition coefficient (Wildman–Crippen LogP) is 3.39. The molecule has 3 heterocycles. The van der Waals surface area contributed by atoms with E-state index >= 15 is 0 Å². The second-order valence-electron chi connectivity index (χ2n) is 6.33. The smallest absolute Gasteiger partial charge is 0.234 e. The lowest BCUT2D eigenvalue weighted by Gasteiger charge is -2.25. The molecular weight excluding hydrogens is 442 g/mol. The van der Waals surface area contributed by atoms with Gasteiger partial charge in [-0.3, -0.25) is 4.79 Å². The number of carbonyl (C=O) groups excluding carboxylic acids is 1. The molecule has 3 aromatic rings. The van der Waals surface area contributed by atoms with Crippen molar-refractivity contribution in [1.82, 2.24) is 15.0 Å². The van der Waals surface area contributed by atoms with E-state index in [1.165, 1.54) is 18.1 Å². The highest BCUT2D eigenvalue weighted by Gasteiger charge is 2.18. The third kappa shape index (κ3) is 4.73. The average Bonchev–Trinajstić information content (AvgIpc) is 3.23. The molecule has 2 aromatic heterocycles. The number of thioether (sulfide) groups is 2. The van der Waals surface area contributed by atoms with Crippen LogP contribution in [0.1, 0.15) is 0 Å². The van der Waals surface area contributed by atoms with Crippen molar-refractivity contribution in [3.05, 3.63) is 24.5 Å². The molecule has 8 nitrogen and oxygen atoms in total. The lowest BCUT2D eigenvalue weighted by molar-refractivity contribution is -0.113. The fourth-order valence-electron chi connectivity index (χ4n) is 2.96. The SMILES string of the molecule is COc1ccc(NC(=O)CSc2ncnc3nc(N4CCSCC4)sc23)cc1OC. The van der Waals surface area contributed by atoms with Crippen LogP contribution in [-0.2, 0) is 4.79 Å². The maximum Gasteiger partial charge on any atom is 0.234 e. The number of methoxy groups -OCH3 is 2. The summed E-state index contributed by atoms with van der Waals surface area (Å²) in [5.74, 6) is 3.50. The summed E-state index contributed by atoms with van der Waals surface area (Å²) in [6.45, 7) is 1.99. The molecule has 0 atom stereocenters. The van der Waals surface area contributed by atoms with Crippen LogP contribution < -0.4 is 19.7 Å². The van der Waals surface area contributed by atoms with Gasteiger partial charge in [-0.15, -0.1) is 0 Å². The number of benzene rings is 1. The van der Waals surface area contributed by atoms with Gasteiger partial charge in [0.2, 0.25) is 5.91 Å². The predicted molar refractivity (Wildman–Crippen MR) is 124 cm³/mol. The Hall–Kier alpha value is -2.24. The minimum absolute atomic E-state index is 0.128. The molecule has 0 radical (unpaired) electrons. The molecule has 0 spiro atoms. The standard InChI is InChI=1S/C19H21N5O3S3/c1-26-13-4-3-12(9-14(13)27-2)22-15(25)10-29-18-16-17(20-11-21-18)23-19(30-16)24-5-7-28-8-6-24/h3-4,9,11H,5-8,10H2,1-2H3,(H,22,25). The summed E-state index contributed by atoms with van der Waals surface area (Å²) in [6, 6.07) is 5.27. The van der Waals surface area contributed by atoms with E-state index in [4.69, 9.17) is 9.47 Å². The number of ether oxygens (including phenoxy) is 2. The van der Waals surface area contributed by atoms with Crippen LogP contribution in [0.15, 0.2) is 29.6 Å². The van der Waals surface area contributed by atoms with Crippen molar-refractivity contribution in [1.29, 1.82) is 0 Å². The minimum atomic E-state index is -0.128. The summed E-state index contributed by atoms with van der Waals surface area (Å²) < 4.78 is 11.4. The number of amides is 1. The average molecular weight is 464 g/mol. The van der Waals surface area contributed by atoms with Crippen LogP contribution in [0.3, 0.4) is 0 Å². The van der Waals surface area contributed by atoms with E-state index in [1.54, 1.807) is 43.8 Å². The zero-order valence-electron chi connectivity index (χ0n) is 16.6. The Morgan fingerprint density at radius 3 is 2.77 bits per heavy atom. The molecule has 1 fully saturated rings. The van der Waals surface area contributed by atoms with Crippen LogP contribution >= 0.6 is 34.9 Å². The molecule has 1 N–H and O–H groups in total. The van der Waals surface area contributed by atoms with Gasteiger partial charge in [0.1, 0.15) is 16.1 Å². The second kappa shape index (κ2) is 9.71. The Bertz CT molecular complexity index is 1040. The number of hydrogen-bond donors (Lipinski definition) is 1. The molecule has 158 valence electrons. The number of aromatic nitrogens is 3. The van der Waals surface area contributed by atoms with Gasteiger partial charge >= 0.3 is 0 Å². The first-order valence-electron chi connectivity index (χ1n) is 9.27. The number of carbonyl (C=O) groups is 1. The van der Waals surface area contributed by atoms with Gasteiger partial charge in [-0.1, -0.05) is 23.1 Å². The zero-order chi connectivity index (χ0) is 20.9. The van der Waals surface area contributed by atoms with Gasteiger partial charge in [-0.05, 0) is 12.1 Å². The van der Waals surface area contributed by atoms with Crippen LogP contribution in [0.4, 0.5) is 10.8 Å².